The number of benzene rings is 2. The van der Waals surface area contributed by atoms with Crippen LogP contribution < -0.4 is 10.9 Å². The molecule has 0 aliphatic rings. The third kappa shape index (κ3) is 2.92. The first-order chi connectivity index (χ1) is 10.5. The highest BCUT2D eigenvalue weighted by atomic mass is 79.9. The molecule has 22 heavy (non-hydrogen) atoms. The van der Waals surface area contributed by atoms with Crippen molar-refractivity contribution in [3.63, 3.8) is 0 Å². The molecule has 1 N–H and O–H groups in total. The molecule has 0 bridgehead atoms. The third-order valence-electron chi connectivity index (χ3n) is 3.05. The number of anilines is 1. The Labute approximate surface area is 132 Å². The molecule has 6 heteroatoms. The second-order valence-corrected chi connectivity index (χ2v) is 5.44. The smallest absolute Gasteiger partial charge is 0.336 e. The Morgan fingerprint density at radius 2 is 1.91 bits per heavy atom. The maximum atomic E-state index is 13.2. The van der Waals surface area contributed by atoms with Crippen LogP contribution in [-0.2, 0) is 0 Å². The molecule has 2 aromatic carbocycles. The predicted molar refractivity (Wildman–Crippen MR) is 84.5 cm³/mol. The number of carbonyl (C=O) groups is 1. The number of amides is 1. The van der Waals surface area contributed by atoms with Crippen LogP contribution in [0.3, 0.4) is 0 Å². The quantitative estimate of drug-likeness (QED) is 0.703. The summed E-state index contributed by atoms with van der Waals surface area (Å²) in [7, 11) is 0. The van der Waals surface area contributed by atoms with Crippen LogP contribution in [0, 0.1) is 5.82 Å². The first-order valence-corrected chi connectivity index (χ1v) is 7.12. The van der Waals surface area contributed by atoms with Gasteiger partial charge >= 0.3 is 5.63 Å². The summed E-state index contributed by atoms with van der Waals surface area (Å²) in [5, 5.41) is 3.35. The van der Waals surface area contributed by atoms with E-state index in [2.05, 4.69) is 21.2 Å². The maximum Gasteiger partial charge on any atom is 0.336 e. The number of hydrogen-bond donors (Lipinski definition) is 1. The first-order valence-electron chi connectivity index (χ1n) is 6.33. The molecule has 0 atom stereocenters. The van der Waals surface area contributed by atoms with Crippen LogP contribution in [0.5, 0.6) is 0 Å². The van der Waals surface area contributed by atoms with Crippen molar-refractivity contribution in [1.29, 1.82) is 0 Å². The van der Waals surface area contributed by atoms with Crippen molar-refractivity contribution in [2.45, 2.75) is 0 Å². The lowest BCUT2D eigenvalue weighted by atomic mass is 10.2. The number of rotatable bonds is 2. The molecule has 4 nitrogen and oxygen atoms in total. The van der Waals surface area contributed by atoms with Crippen LogP contribution in [0.25, 0.3) is 11.0 Å². The summed E-state index contributed by atoms with van der Waals surface area (Å²) in [6, 6.07) is 11.7. The van der Waals surface area contributed by atoms with E-state index in [1.54, 1.807) is 24.3 Å². The van der Waals surface area contributed by atoms with Gasteiger partial charge < -0.3 is 9.73 Å². The zero-order valence-corrected chi connectivity index (χ0v) is 12.7. The second kappa shape index (κ2) is 5.73. The van der Waals surface area contributed by atoms with Crippen molar-refractivity contribution in [3.05, 3.63) is 74.8 Å². The predicted octanol–water partition coefficient (Wildman–Crippen LogP) is 3.95. The topological polar surface area (TPSA) is 59.3 Å². The van der Waals surface area contributed by atoms with E-state index < -0.39 is 17.3 Å². The zero-order valence-electron chi connectivity index (χ0n) is 11.1. The molecule has 1 aromatic heterocycles. The van der Waals surface area contributed by atoms with Crippen LogP contribution in [0.15, 0.2) is 62.2 Å². The molecule has 3 aromatic rings. The number of nitrogens with one attached hydrogen (secondary N) is 1. The van der Waals surface area contributed by atoms with Crippen molar-refractivity contribution >= 4 is 38.5 Å². The number of fused-ring (bicyclic) bond motifs is 1. The third-order valence-corrected chi connectivity index (χ3v) is 3.74. The summed E-state index contributed by atoms with van der Waals surface area (Å²) in [5.74, 6) is -0.934. The van der Waals surface area contributed by atoms with Crippen molar-refractivity contribution < 1.29 is 13.6 Å². The Morgan fingerprint density at radius 1 is 1.09 bits per heavy atom. The fourth-order valence-corrected chi connectivity index (χ4v) is 2.45. The summed E-state index contributed by atoms with van der Waals surface area (Å²) < 4.78 is 18.8. The van der Waals surface area contributed by atoms with Crippen LogP contribution >= 0.6 is 15.9 Å². The Kier molecular flexibility index (Phi) is 3.77. The molecule has 0 unspecified atom stereocenters. The lowest BCUT2D eigenvalue weighted by Gasteiger charge is -2.08. The molecule has 3 rings (SSSR count). The van der Waals surface area contributed by atoms with Crippen molar-refractivity contribution in [2.24, 2.45) is 0 Å². The van der Waals surface area contributed by atoms with Crippen LogP contribution in [0.1, 0.15) is 10.4 Å². The molecule has 0 spiro atoms. The van der Waals surface area contributed by atoms with E-state index in [0.717, 1.165) is 6.07 Å². The van der Waals surface area contributed by atoms with Gasteiger partial charge in [0.1, 0.15) is 11.4 Å². The van der Waals surface area contributed by atoms with Crippen LogP contribution in [0.4, 0.5) is 10.1 Å². The van der Waals surface area contributed by atoms with Gasteiger partial charge in [0.2, 0.25) is 0 Å². The van der Waals surface area contributed by atoms with E-state index >= 15 is 0 Å². The van der Waals surface area contributed by atoms with Gasteiger partial charge in [-0.05, 0) is 58.4 Å². The molecule has 0 saturated heterocycles. The van der Waals surface area contributed by atoms with Gasteiger partial charge in [-0.3, -0.25) is 4.79 Å². The van der Waals surface area contributed by atoms with Gasteiger partial charge in [-0.1, -0.05) is 0 Å². The van der Waals surface area contributed by atoms with Gasteiger partial charge in [-0.15, -0.1) is 0 Å². The Morgan fingerprint density at radius 3 is 2.73 bits per heavy atom. The van der Waals surface area contributed by atoms with E-state index in [4.69, 9.17) is 4.42 Å². The normalized spacial score (nSPS) is 10.6. The lowest BCUT2D eigenvalue weighted by Crippen LogP contribution is -2.12. The maximum absolute atomic E-state index is 13.2. The highest BCUT2D eigenvalue weighted by Gasteiger charge is 2.12. The second-order valence-electron chi connectivity index (χ2n) is 4.59. The lowest BCUT2D eigenvalue weighted by molar-refractivity contribution is 0.102. The minimum absolute atomic E-state index is 0.194. The molecule has 0 aliphatic heterocycles. The van der Waals surface area contributed by atoms with E-state index in [1.165, 1.54) is 18.2 Å². The summed E-state index contributed by atoms with van der Waals surface area (Å²) >= 11 is 3.21. The van der Waals surface area contributed by atoms with Gasteiger partial charge in [-0.25, -0.2) is 9.18 Å². The first kappa shape index (κ1) is 14.5. The van der Waals surface area contributed by atoms with E-state index in [9.17, 15) is 14.0 Å². The van der Waals surface area contributed by atoms with Crippen LogP contribution in [0.2, 0.25) is 0 Å². The largest absolute Gasteiger partial charge is 0.423 e. The summed E-state index contributed by atoms with van der Waals surface area (Å²) in [6.45, 7) is 0. The van der Waals surface area contributed by atoms with Crippen molar-refractivity contribution in [2.75, 3.05) is 5.32 Å². The van der Waals surface area contributed by atoms with Gasteiger partial charge in [0.25, 0.3) is 5.91 Å². The molecule has 1 amide bonds. The van der Waals surface area contributed by atoms with Gasteiger partial charge in [0.15, 0.2) is 0 Å². The zero-order chi connectivity index (χ0) is 15.7. The summed E-state index contributed by atoms with van der Waals surface area (Å²) in [4.78, 5) is 23.3. The summed E-state index contributed by atoms with van der Waals surface area (Å²) in [5.41, 5.74) is 0.701. The summed E-state index contributed by atoms with van der Waals surface area (Å²) in [6.07, 6.45) is 0. The van der Waals surface area contributed by atoms with Crippen LogP contribution in [-0.4, -0.2) is 5.91 Å². The van der Waals surface area contributed by atoms with Gasteiger partial charge in [0.05, 0.1) is 5.56 Å². The minimum Gasteiger partial charge on any atom is -0.423 e. The van der Waals surface area contributed by atoms with E-state index in [1.807, 2.05) is 0 Å². The van der Waals surface area contributed by atoms with E-state index in [-0.39, 0.29) is 5.56 Å². The molecular weight excluding hydrogens is 353 g/mol. The fourth-order valence-electron chi connectivity index (χ4n) is 2.02. The molecule has 0 fully saturated rings. The SMILES string of the molecule is O=C(Nc1ccc2oc(=O)ccc2c1)c1cc(F)ccc1Br. The average molecular weight is 362 g/mol. The van der Waals surface area contributed by atoms with Gasteiger partial charge in [-0.2, -0.15) is 0 Å². The Balaban J connectivity index is 1.92. The highest BCUT2D eigenvalue weighted by molar-refractivity contribution is 9.10. The standard InChI is InChI=1S/C16H9BrFNO3/c17-13-4-2-10(18)8-12(13)16(21)19-11-3-5-14-9(7-11)1-6-15(20)22-14/h1-8H,(H,19,21). The molecule has 1 heterocycles. The number of hydrogen-bond acceptors (Lipinski definition) is 3. The number of carbonyl (C=O) groups excluding carboxylic acids is 1. The van der Waals surface area contributed by atoms with E-state index in [0.29, 0.717) is 21.1 Å². The Bertz CT molecular complexity index is 936. The average Bonchev–Trinajstić information content (AvgIpc) is 2.49. The molecule has 0 radical (unpaired) electrons. The van der Waals surface area contributed by atoms with Crippen molar-refractivity contribution in [1.82, 2.24) is 0 Å². The molecular formula is C16H9BrFNO3. The molecule has 110 valence electrons. The van der Waals surface area contributed by atoms with Gasteiger partial charge in [0, 0.05) is 21.6 Å². The Hall–Kier alpha value is -2.47. The monoisotopic (exact) mass is 361 g/mol. The molecule has 0 aliphatic carbocycles. The minimum atomic E-state index is -0.492. The van der Waals surface area contributed by atoms with Crippen molar-refractivity contribution in [3.8, 4) is 0 Å². The fraction of sp³-hybridized carbons (Fsp3) is 0. The highest BCUT2D eigenvalue weighted by Crippen LogP contribution is 2.21. The molecule has 0 saturated carbocycles. The number of halogens is 2.